The van der Waals surface area contributed by atoms with Gasteiger partial charge in [0.25, 0.3) is 0 Å². The van der Waals surface area contributed by atoms with Gasteiger partial charge in [0.1, 0.15) is 0 Å². The fourth-order valence-corrected chi connectivity index (χ4v) is 2.70. The normalized spacial score (nSPS) is 47.0. The van der Waals surface area contributed by atoms with Crippen LogP contribution in [0, 0.1) is 23.7 Å². The average Bonchev–Trinajstić information content (AvgIpc) is 2.41. The number of esters is 1. The number of ether oxygens (including phenoxy) is 1. The Hall–Kier alpha value is -0.530. The van der Waals surface area contributed by atoms with E-state index in [2.05, 4.69) is 6.92 Å². The van der Waals surface area contributed by atoms with Crippen molar-refractivity contribution in [1.82, 2.24) is 0 Å². The lowest BCUT2D eigenvalue weighted by atomic mass is 9.81. The molecule has 2 aliphatic rings. The van der Waals surface area contributed by atoms with Crippen LogP contribution in [0.5, 0.6) is 0 Å². The molecule has 0 aromatic heterocycles. The van der Waals surface area contributed by atoms with Crippen molar-refractivity contribution in [2.45, 2.75) is 26.7 Å². The van der Waals surface area contributed by atoms with E-state index >= 15 is 0 Å². The van der Waals surface area contributed by atoms with Crippen molar-refractivity contribution in [3.8, 4) is 0 Å². The van der Waals surface area contributed by atoms with Crippen LogP contribution >= 0.6 is 0 Å². The summed E-state index contributed by atoms with van der Waals surface area (Å²) in [5.74, 6) is 2.18. The van der Waals surface area contributed by atoms with Crippen molar-refractivity contribution in [3.63, 3.8) is 0 Å². The van der Waals surface area contributed by atoms with E-state index in [9.17, 15) is 4.79 Å². The van der Waals surface area contributed by atoms with Crippen LogP contribution in [0.3, 0.4) is 0 Å². The van der Waals surface area contributed by atoms with Crippen LogP contribution in [0.25, 0.3) is 0 Å². The van der Waals surface area contributed by atoms with Gasteiger partial charge in [0.2, 0.25) is 0 Å². The van der Waals surface area contributed by atoms with Crippen molar-refractivity contribution in [3.05, 3.63) is 0 Å². The average molecular weight is 168 g/mol. The van der Waals surface area contributed by atoms with Gasteiger partial charge in [0, 0.05) is 0 Å². The maximum atomic E-state index is 11.2. The van der Waals surface area contributed by atoms with Gasteiger partial charge in [0.05, 0.1) is 12.5 Å². The zero-order valence-electron chi connectivity index (χ0n) is 7.75. The molecule has 68 valence electrons. The zero-order chi connectivity index (χ0) is 8.72. The molecule has 0 aromatic carbocycles. The molecule has 1 aliphatic heterocycles. The van der Waals surface area contributed by atoms with Gasteiger partial charge in [-0.3, -0.25) is 4.79 Å². The Kier molecular flexibility index (Phi) is 1.85. The maximum Gasteiger partial charge on any atom is 0.308 e. The SMILES string of the molecule is C[C@@H]1CC[C@@H]2[C@H]1COC(=O)[C@@H]2C. The lowest BCUT2D eigenvalue weighted by molar-refractivity contribution is -0.159. The highest BCUT2D eigenvalue weighted by atomic mass is 16.5. The predicted octanol–water partition coefficient (Wildman–Crippen LogP) is 1.84. The van der Waals surface area contributed by atoms with Crippen LogP contribution in [0.15, 0.2) is 0 Å². The van der Waals surface area contributed by atoms with Gasteiger partial charge in [-0.1, -0.05) is 20.3 Å². The van der Waals surface area contributed by atoms with E-state index in [0.29, 0.717) is 18.4 Å². The van der Waals surface area contributed by atoms with E-state index in [0.717, 1.165) is 5.92 Å². The summed E-state index contributed by atoms with van der Waals surface area (Å²) in [6, 6.07) is 0. The summed E-state index contributed by atoms with van der Waals surface area (Å²) in [7, 11) is 0. The van der Waals surface area contributed by atoms with Gasteiger partial charge in [-0.15, -0.1) is 0 Å². The molecule has 0 spiro atoms. The molecule has 0 N–H and O–H groups in total. The van der Waals surface area contributed by atoms with Crippen molar-refractivity contribution >= 4 is 5.97 Å². The molecule has 0 unspecified atom stereocenters. The second kappa shape index (κ2) is 2.75. The fraction of sp³-hybridized carbons (Fsp3) is 0.900. The quantitative estimate of drug-likeness (QED) is 0.516. The molecule has 2 fully saturated rings. The Morgan fingerprint density at radius 1 is 1.25 bits per heavy atom. The summed E-state index contributed by atoms with van der Waals surface area (Å²) in [5.41, 5.74) is 0. The topological polar surface area (TPSA) is 26.3 Å². The van der Waals surface area contributed by atoms with Crippen molar-refractivity contribution < 1.29 is 9.53 Å². The first-order valence-electron chi connectivity index (χ1n) is 4.87. The van der Waals surface area contributed by atoms with Crippen LogP contribution in [-0.4, -0.2) is 12.6 Å². The molecule has 0 bridgehead atoms. The van der Waals surface area contributed by atoms with Gasteiger partial charge < -0.3 is 4.74 Å². The van der Waals surface area contributed by atoms with Gasteiger partial charge in [0.15, 0.2) is 0 Å². The van der Waals surface area contributed by atoms with Crippen LogP contribution in [0.1, 0.15) is 26.7 Å². The highest BCUT2D eigenvalue weighted by molar-refractivity contribution is 5.73. The van der Waals surface area contributed by atoms with Gasteiger partial charge in [-0.05, 0) is 24.2 Å². The molecule has 2 heteroatoms. The summed E-state index contributed by atoms with van der Waals surface area (Å²) in [6.45, 7) is 4.96. The molecule has 12 heavy (non-hydrogen) atoms. The smallest absolute Gasteiger partial charge is 0.308 e. The summed E-state index contributed by atoms with van der Waals surface area (Å²) < 4.78 is 5.14. The van der Waals surface area contributed by atoms with Gasteiger partial charge >= 0.3 is 5.97 Å². The Morgan fingerprint density at radius 2 is 2.00 bits per heavy atom. The molecule has 0 aromatic rings. The third kappa shape index (κ3) is 1.05. The van der Waals surface area contributed by atoms with Gasteiger partial charge in [-0.25, -0.2) is 0 Å². The van der Waals surface area contributed by atoms with E-state index in [1.54, 1.807) is 0 Å². The molecule has 0 amide bonds. The highest BCUT2D eigenvalue weighted by Gasteiger charge is 2.43. The number of hydrogen-bond donors (Lipinski definition) is 0. The fourth-order valence-electron chi connectivity index (χ4n) is 2.70. The first-order valence-corrected chi connectivity index (χ1v) is 4.87. The molecule has 1 saturated carbocycles. The first-order chi connectivity index (χ1) is 5.70. The van der Waals surface area contributed by atoms with Crippen molar-refractivity contribution in [2.24, 2.45) is 23.7 Å². The first kappa shape index (κ1) is 8.09. The molecule has 1 saturated heterocycles. The predicted molar refractivity (Wildman–Crippen MR) is 45.5 cm³/mol. The van der Waals surface area contributed by atoms with Gasteiger partial charge in [-0.2, -0.15) is 0 Å². The summed E-state index contributed by atoms with van der Waals surface area (Å²) in [4.78, 5) is 11.2. The minimum absolute atomic E-state index is 0.0188. The van der Waals surface area contributed by atoms with E-state index in [1.165, 1.54) is 12.8 Å². The molecular formula is C10H16O2. The van der Waals surface area contributed by atoms with E-state index in [4.69, 9.17) is 4.74 Å². The third-order valence-corrected chi connectivity index (χ3v) is 3.67. The Labute approximate surface area is 73.3 Å². The monoisotopic (exact) mass is 168 g/mol. The zero-order valence-corrected chi connectivity index (χ0v) is 7.75. The molecule has 1 aliphatic carbocycles. The van der Waals surface area contributed by atoms with Crippen LogP contribution < -0.4 is 0 Å². The minimum atomic E-state index is 0.0188. The molecular weight excluding hydrogens is 152 g/mol. The Morgan fingerprint density at radius 3 is 2.75 bits per heavy atom. The standard InChI is InChI=1S/C10H16O2/c1-6-3-4-8-7(2)10(11)12-5-9(6)8/h6-9H,3-5H2,1-2H3/t6-,7-,8+,9+/m1/s1. The summed E-state index contributed by atoms with van der Waals surface area (Å²) >= 11 is 0. The van der Waals surface area contributed by atoms with Crippen molar-refractivity contribution in [1.29, 1.82) is 0 Å². The number of fused-ring (bicyclic) bond motifs is 1. The van der Waals surface area contributed by atoms with Crippen LogP contribution in [0.4, 0.5) is 0 Å². The molecule has 1 heterocycles. The Balaban J connectivity index is 2.14. The van der Waals surface area contributed by atoms with E-state index < -0.39 is 0 Å². The molecule has 4 atom stereocenters. The number of carbonyl (C=O) groups excluding carboxylic acids is 1. The lowest BCUT2D eigenvalue weighted by Gasteiger charge is -2.31. The molecule has 0 radical (unpaired) electrons. The lowest BCUT2D eigenvalue weighted by Crippen LogP contribution is -2.36. The van der Waals surface area contributed by atoms with Crippen LogP contribution in [0.2, 0.25) is 0 Å². The number of cyclic esters (lactones) is 1. The van der Waals surface area contributed by atoms with E-state index in [-0.39, 0.29) is 11.9 Å². The third-order valence-electron chi connectivity index (χ3n) is 3.67. The maximum absolute atomic E-state index is 11.2. The molecule has 2 nitrogen and oxygen atoms in total. The Bertz CT molecular complexity index is 200. The number of carbonyl (C=O) groups is 1. The second-order valence-electron chi connectivity index (χ2n) is 4.30. The number of rotatable bonds is 0. The minimum Gasteiger partial charge on any atom is -0.465 e. The summed E-state index contributed by atoms with van der Waals surface area (Å²) in [6.07, 6.45) is 2.50. The van der Waals surface area contributed by atoms with E-state index in [1.807, 2.05) is 6.92 Å². The molecule has 2 rings (SSSR count). The second-order valence-corrected chi connectivity index (χ2v) is 4.30. The largest absolute Gasteiger partial charge is 0.465 e. The van der Waals surface area contributed by atoms with Crippen molar-refractivity contribution in [2.75, 3.05) is 6.61 Å². The number of hydrogen-bond acceptors (Lipinski definition) is 2. The summed E-state index contributed by atoms with van der Waals surface area (Å²) in [5, 5.41) is 0. The highest BCUT2D eigenvalue weighted by Crippen LogP contribution is 2.43. The van der Waals surface area contributed by atoms with Crippen LogP contribution in [-0.2, 0) is 9.53 Å².